The Bertz CT molecular complexity index is 424. The summed E-state index contributed by atoms with van der Waals surface area (Å²) in [5.74, 6) is -0.183. The molecule has 1 unspecified atom stereocenters. The van der Waals surface area contributed by atoms with Gasteiger partial charge in [0.05, 0.1) is 12.1 Å². The molecule has 0 saturated carbocycles. The molecule has 0 aromatic heterocycles. The second-order valence-corrected chi connectivity index (χ2v) is 4.88. The third kappa shape index (κ3) is 2.04. The molecular formula is C11H11BrClNO2. The summed E-state index contributed by atoms with van der Waals surface area (Å²) < 4.78 is 5.58. The molecule has 1 heterocycles. The molecule has 2 rings (SSSR count). The minimum Gasteiger partial charge on any atom is -0.467 e. The second-order valence-electron chi connectivity index (χ2n) is 3.62. The predicted molar refractivity (Wildman–Crippen MR) is 66.9 cm³/mol. The van der Waals surface area contributed by atoms with Crippen LogP contribution in [0.5, 0.6) is 0 Å². The maximum absolute atomic E-state index is 11.4. The number of hydrogen-bond donors (Lipinski definition) is 0. The van der Waals surface area contributed by atoms with Crippen molar-refractivity contribution in [2.24, 2.45) is 0 Å². The standard InChI is InChI=1S/C11H11BrClNO2/c1-16-11(15)10-4-5-14(10)7-2-3-9(13)8(12)6-7/h2-3,6,10H,4-5H2,1H3. The molecule has 1 aliphatic heterocycles. The maximum atomic E-state index is 11.4. The summed E-state index contributed by atoms with van der Waals surface area (Å²) in [5, 5.41) is 0.666. The van der Waals surface area contributed by atoms with Crippen LogP contribution in [0.25, 0.3) is 0 Å². The highest BCUT2D eigenvalue weighted by molar-refractivity contribution is 9.10. The number of carbonyl (C=O) groups excluding carboxylic acids is 1. The lowest BCUT2D eigenvalue weighted by molar-refractivity contribution is -0.143. The Hall–Kier alpha value is -0.740. The van der Waals surface area contributed by atoms with Crippen LogP contribution in [0.3, 0.4) is 0 Å². The van der Waals surface area contributed by atoms with Crippen molar-refractivity contribution >= 4 is 39.2 Å². The first-order chi connectivity index (χ1) is 7.63. The summed E-state index contributed by atoms with van der Waals surface area (Å²) in [5.41, 5.74) is 0.984. The van der Waals surface area contributed by atoms with Crippen LogP contribution in [0.2, 0.25) is 5.02 Å². The SMILES string of the molecule is COC(=O)C1CCN1c1ccc(Cl)c(Br)c1. The van der Waals surface area contributed by atoms with Crippen LogP contribution >= 0.6 is 27.5 Å². The molecule has 1 aromatic rings. The molecule has 5 heteroatoms. The zero-order valence-electron chi connectivity index (χ0n) is 8.74. The van der Waals surface area contributed by atoms with Gasteiger partial charge in [-0.1, -0.05) is 11.6 Å². The number of halogens is 2. The molecule has 0 spiro atoms. The first kappa shape index (κ1) is 11.7. The van der Waals surface area contributed by atoms with Crippen LogP contribution in [-0.4, -0.2) is 25.7 Å². The van der Waals surface area contributed by atoms with Crippen LogP contribution in [0.15, 0.2) is 22.7 Å². The van der Waals surface area contributed by atoms with Crippen LogP contribution in [0, 0.1) is 0 Å². The van der Waals surface area contributed by atoms with Crippen molar-refractivity contribution in [3.8, 4) is 0 Å². The van der Waals surface area contributed by atoms with E-state index in [1.807, 2.05) is 23.1 Å². The molecule has 0 bridgehead atoms. The maximum Gasteiger partial charge on any atom is 0.328 e. The van der Waals surface area contributed by atoms with E-state index >= 15 is 0 Å². The molecular weight excluding hydrogens is 293 g/mol. The van der Waals surface area contributed by atoms with E-state index in [-0.39, 0.29) is 12.0 Å². The highest BCUT2D eigenvalue weighted by Crippen LogP contribution is 2.32. The van der Waals surface area contributed by atoms with Crippen molar-refractivity contribution < 1.29 is 9.53 Å². The van der Waals surface area contributed by atoms with Gasteiger partial charge in [0.1, 0.15) is 6.04 Å². The quantitative estimate of drug-likeness (QED) is 0.787. The van der Waals surface area contributed by atoms with Gasteiger partial charge >= 0.3 is 5.97 Å². The lowest BCUT2D eigenvalue weighted by atomic mass is 10.0. The summed E-state index contributed by atoms with van der Waals surface area (Å²) in [4.78, 5) is 13.4. The Morgan fingerprint density at radius 1 is 1.62 bits per heavy atom. The number of ether oxygens (including phenoxy) is 1. The number of methoxy groups -OCH3 is 1. The minimum atomic E-state index is -0.183. The average molecular weight is 305 g/mol. The molecule has 1 atom stereocenters. The molecule has 16 heavy (non-hydrogen) atoms. The lowest BCUT2D eigenvalue weighted by Crippen LogP contribution is -2.53. The number of anilines is 1. The fourth-order valence-electron chi connectivity index (χ4n) is 1.74. The van der Waals surface area contributed by atoms with Crippen molar-refractivity contribution in [3.63, 3.8) is 0 Å². The van der Waals surface area contributed by atoms with Gasteiger partial charge in [0.25, 0.3) is 0 Å². The molecule has 1 aromatic carbocycles. The monoisotopic (exact) mass is 303 g/mol. The van der Waals surface area contributed by atoms with Crippen molar-refractivity contribution in [3.05, 3.63) is 27.7 Å². The van der Waals surface area contributed by atoms with Crippen LogP contribution in [-0.2, 0) is 9.53 Å². The van der Waals surface area contributed by atoms with E-state index in [2.05, 4.69) is 15.9 Å². The zero-order chi connectivity index (χ0) is 11.7. The van der Waals surface area contributed by atoms with Gasteiger partial charge in [-0.15, -0.1) is 0 Å². The molecule has 0 N–H and O–H groups in total. The predicted octanol–water partition coefficient (Wildman–Crippen LogP) is 2.85. The summed E-state index contributed by atoms with van der Waals surface area (Å²) >= 11 is 9.28. The van der Waals surface area contributed by atoms with Crippen LogP contribution in [0.1, 0.15) is 6.42 Å². The van der Waals surface area contributed by atoms with Gasteiger partial charge < -0.3 is 9.64 Å². The summed E-state index contributed by atoms with van der Waals surface area (Å²) in [6.45, 7) is 0.869. The number of carbonyl (C=O) groups is 1. The van der Waals surface area contributed by atoms with Crippen molar-refractivity contribution in [1.29, 1.82) is 0 Å². The number of benzene rings is 1. The van der Waals surface area contributed by atoms with E-state index in [0.717, 1.165) is 23.1 Å². The van der Waals surface area contributed by atoms with E-state index in [1.54, 1.807) is 0 Å². The lowest BCUT2D eigenvalue weighted by Gasteiger charge is -2.40. The Morgan fingerprint density at radius 2 is 2.38 bits per heavy atom. The second kappa shape index (κ2) is 4.63. The number of esters is 1. The molecule has 1 aliphatic rings. The fraction of sp³-hybridized carbons (Fsp3) is 0.364. The number of nitrogens with zero attached hydrogens (tertiary/aromatic N) is 1. The summed E-state index contributed by atoms with van der Waals surface area (Å²) in [6, 6.07) is 5.48. The smallest absolute Gasteiger partial charge is 0.328 e. The van der Waals surface area contributed by atoms with Crippen LogP contribution < -0.4 is 4.90 Å². The van der Waals surface area contributed by atoms with Gasteiger partial charge in [0.15, 0.2) is 0 Å². The largest absolute Gasteiger partial charge is 0.467 e. The van der Waals surface area contributed by atoms with E-state index in [1.165, 1.54) is 7.11 Å². The molecule has 0 radical (unpaired) electrons. The number of hydrogen-bond acceptors (Lipinski definition) is 3. The molecule has 86 valence electrons. The molecule has 0 amide bonds. The van der Waals surface area contributed by atoms with E-state index in [0.29, 0.717) is 5.02 Å². The summed E-state index contributed by atoms with van der Waals surface area (Å²) in [7, 11) is 1.41. The molecule has 1 saturated heterocycles. The third-order valence-electron chi connectivity index (χ3n) is 2.73. The topological polar surface area (TPSA) is 29.5 Å². The zero-order valence-corrected chi connectivity index (χ0v) is 11.1. The Kier molecular flexibility index (Phi) is 3.40. The third-order valence-corrected chi connectivity index (χ3v) is 3.94. The van der Waals surface area contributed by atoms with Gasteiger partial charge in [-0.2, -0.15) is 0 Å². The average Bonchev–Trinajstić information content (AvgIpc) is 2.21. The first-order valence-electron chi connectivity index (χ1n) is 4.93. The van der Waals surface area contributed by atoms with Gasteiger partial charge in [-0.3, -0.25) is 0 Å². The van der Waals surface area contributed by atoms with Crippen LogP contribution in [0.4, 0.5) is 5.69 Å². The highest BCUT2D eigenvalue weighted by atomic mass is 79.9. The summed E-state index contributed by atoms with van der Waals surface area (Å²) in [6.07, 6.45) is 0.840. The Morgan fingerprint density at radius 3 is 2.88 bits per heavy atom. The van der Waals surface area contributed by atoms with Gasteiger partial charge in [0, 0.05) is 16.7 Å². The molecule has 1 fully saturated rings. The minimum absolute atomic E-state index is 0.155. The van der Waals surface area contributed by atoms with Gasteiger partial charge in [-0.25, -0.2) is 4.79 Å². The van der Waals surface area contributed by atoms with E-state index in [9.17, 15) is 4.79 Å². The highest BCUT2D eigenvalue weighted by Gasteiger charge is 2.35. The first-order valence-corrected chi connectivity index (χ1v) is 6.10. The van der Waals surface area contributed by atoms with E-state index in [4.69, 9.17) is 16.3 Å². The van der Waals surface area contributed by atoms with E-state index < -0.39 is 0 Å². The number of rotatable bonds is 2. The molecule has 0 aliphatic carbocycles. The van der Waals surface area contributed by atoms with Gasteiger partial charge in [-0.05, 0) is 40.5 Å². The fourth-order valence-corrected chi connectivity index (χ4v) is 2.23. The Balaban J connectivity index is 2.19. The van der Waals surface area contributed by atoms with Gasteiger partial charge in [0.2, 0.25) is 0 Å². The van der Waals surface area contributed by atoms with Crippen molar-refractivity contribution in [2.75, 3.05) is 18.6 Å². The Labute approximate surface area is 107 Å². The molecule has 3 nitrogen and oxygen atoms in total. The van der Waals surface area contributed by atoms with Crippen molar-refractivity contribution in [1.82, 2.24) is 0 Å². The van der Waals surface area contributed by atoms with Crippen molar-refractivity contribution in [2.45, 2.75) is 12.5 Å². The normalized spacial score (nSPS) is 19.2.